The Labute approximate surface area is 95.2 Å². The fourth-order valence-corrected chi connectivity index (χ4v) is 1.57. The average molecular weight is 227 g/mol. The van der Waals surface area contributed by atoms with E-state index in [4.69, 9.17) is 16.3 Å². The van der Waals surface area contributed by atoms with Gasteiger partial charge in [-0.05, 0) is 31.0 Å². The Balaban J connectivity index is 2.65. The van der Waals surface area contributed by atoms with Gasteiger partial charge in [0.1, 0.15) is 6.61 Å². The van der Waals surface area contributed by atoms with Crippen molar-refractivity contribution in [2.24, 2.45) is 0 Å². The summed E-state index contributed by atoms with van der Waals surface area (Å²) >= 11 is 5.96. The Morgan fingerprint density at radius 2 is 2.20 bits per heavy atom. The molecule has 0 fully saturated rings. The number of benzene rings is 1. The summed E-state index contributed by atoms with van der Waals surface area (Å²) in [6.07, 6.45) is 0.912. The van der Waals surface area contributed by atoms with Crippen LogP contribution in [0.25, 0.3) is 0 Å². The number of ketones is 1. The molecule has 0 spiro atoms. The van der Waals surface area contributed by atoms with E-state index < -0.39 is 0 Å². The van der Waals surface area contributed by atoms with Gasteiger partial charge in [-0.15, -0.1) is 0 Å². The fourth-order valence-electron chi connectivity index (χ4n) is 1.23. The molecule has 1 aromatic rings. The van der Waals surface area contributed by atoms with E-state index in [9.17, 15) is 4.79 Å². The minimum Gasteiger partial charge on any atom is -0.373 e. The lowest BCUT2D eigenvalue weighted by atomic mass is 10.1. The number of carbonyl (C=O) groups excluding carboxylic acids is 1. The molecule has 1 rings (SSSR count). The minimum atomic E-state index is -0.0616. The first kappa shape index (κ1) is 12.2. The van der Waals surface area contributed by atoms with Crippen molar-refractivity contribution in [3.05, 3.63) is 34.3 Å². The number of rotatable bonds is 5. The highest BCUT2D eigenvalue weighted by atomic mass is 35.5. The van der Waals surface area contributed by atoms with Crippen LogP contribution >= 0.6 is 11.6 Å². The van der Waals surface area contributed by atoms with Crippen molar-refractivity contribution in [2.75, 3.05) is 13.2 Å². The Bertz CT molecular complexity index is 347. The van der Waals surface area contributed by atoms with Gasteiger partial charge in [0.2, 0.25) is 0 Å². The summed E-state index contributed by atoms with van der Waals surface area (Å²) in [5.41, 5.74) is 1.59. The molecular weight excluding hydrogens is 212 g/mol. The van der Waals surface area contributed by atoms with E-state index >= 15 is 0 Å². The topological polar surface area (TPSA) is 26.3 Å². The minimum absolute atomic E-state index is 0.0616. The highest BCUT2D eigenvalue weighted by Crippen LogP contribution is 2.18. The van der Waals surface area contributed by atoms with Crippen molar-refractivity contribution in [1.29, 1.82) is 0 Å². The van der Waals surface area contributed by atoms with Gasteiger partial charge in [-0.1, -0.05) is 24.6 Å². The van der Waals surface area contributed by atoms with E-state index in [1.54, 1.807) is 12.1 Å². The van der Waals surface area contributed by atoms with Crippen LogP contribution in [0.1, 0.15) is 29.3 Å². The van der Waals surface area contributed by atoms with Crippen LogP contribution in [0.2, 0.25) is 5.02 Å². The molecule has 0 amide bonds. The third-order valence-electron chi connectivity index (χ3n) is 2.01. The van der Waals surface area contributed by atoms with Gasteiger partial charge in [0.25, 0.3) is 0 Å². The maximum Gasteiger partial charge on any atom is 0.189 e. The zero-order chi connectivity index (χ0) is 11.3. The summed E-state index contributed by atoms with van der Waals surface area (Å²) < 4.78 is 5.18. The van der Waals surface area contributed by atoms with Gasteiger partial charge in [0.15, 0.2) is 5.78 Å². The standard InChI is InChI=1S/C12H15ClO2/c1-3-6-15-8-12(14)10-5-4-9(2)7-11(10)13/h4-5,7H,3,6,8H2,1-2H3. The second-order valence-corrected chi connectivity index (χ2v) is 3.87. The van der Waals surface area contributed by atoms with Gasteiger partial charge in [-0.3, -0.25) is 4.79 Å². The largest absolute Gasteiger partial charge is 0.373 e. The van der Waals surface area contributed by atoms with Crippen molar-refractivity contribution in [3.63, 3.8) is 0 Å². The Kier molecular flexibility index (Phi) is 4.79. The number of halogens is 1. The van der Waals surface area contributed by atoms with Crippen molar-refractivity contribution in [3.8, 4) is 0 Å². The van der Waals surface area contributed by atoms with Crippen molar-refractivity contribution >= 4 is 17.4 Å². The van der Waals surface area contributed by atoms with Crippen LogP contribution < -0.4 is 0 Å². The average Bonchev–Trinajstić information content (AvgIpc) is 2.17. The molecule has 1 aromatic carbocycles. The van der Waals surface area contributed by atoms with Crippen molar-refractivity contribution in [1.82, 2.24) is 0 Å². The predicted molar refractivity (Wildman–Crippen MR) is 61.6 cm³/mol. The molecule has 82 valence electrons. The SMILES string of the molecule is CCCOCC(=O)c1ccc(C)cc1Cl. The van der Waals surface area contributed by atoms with Crippen LogP contribution in [0.4, 0.5) is 0 Å². The van der Waals surface area contributed by atoms with Crippen LogP contribution in [-0.2, 0) is 4.74 Å². The highest BCUT2D eigenvalue weighted by molar-refractivity contribution is 6.34. The maximum absolute atomic E-state index is 11.6. The van der Waals surface area contributed by atoms with Gasteiger partial charge in [0.05, 0.1) is 5.02 Å². The van der Waals surface area contributed by atoms with E-state index in [0.29, 0.717) is 17.2 Å². The molecule has 0 saturated heterocycles. The lowest BCUT2D eigenvalue weighted by Crippen LogP contribution is -2.10. The molecule has 0 aliphatic carbocycles. The highest BCUT2D eigenvalue weighted by Gasteiger charge is 2.09. The third-order valence-corrected chi connectivity index (χ3v) is 2.32. The summed E-state index contributed by atoms with van der Waals surface area (Å²) in [4.78, 5) is 11.6. The number of aryl methyl sites for hydroxylation is 1. The van der Waals surface area contributed by atoms with Gasteiger partial charge >= 0.3 is 0 Å². The Morgan fingerprint density at radius 1 is 1.47 bits per heavy atom. The second-order valence-electron chi connectivity index (χ2n) is 3.46. The molecule has 15 heavy (non-hydrogen) atoms. The maximum atomic E-state index is 11.6. The molecule has 0 radical (unpaired) electrons. The molecule has 0 aromatic heterocycles. The van der Waals surface area contributed by atoms with E-state index in [-0.39, 0.29) is 12.4 Å². The Hall–Kier alpha value is -0.860. The fraction of sp³-hybridized carbons (Fsp3) is 0.417. The zero-order valence-corrected chi connectivity index (χ0v) is 9.80. The third kappa shape index (κ3) is 3.65. The van der Waals surface area contributed by atoms with Crippen LogP contribution in [0.5, 0.6) is 0 Å². The van der Waals surface area contributed by atoms with E-state index in [1.807, 2.05) is 19.9 Å². The monoisotopic (exact) mass is 226 g/mol. The van der Waals surface area contributed by atoms with Crippen LogP contribution in [-0.4, -0.2) is 19.0 Å². The first-order chi connectivity index (χ1) is 7.15. The lowest BCUT2D eigenvalue weighted by Gasteiger charge is -2.05. The number of ether oxygens (including phenoxy) is 1. The number of Topliss-reactive ketones (excluding diaryl/α,β-unsaturated/α-hetero) is 1. The van der Waals surface area contributed by atoms with Gasteiger partial charge in [-0.25, -0.2) is 0 Å². The summed E-state index contributed by atoms with van der Waals surface area (Å²) in [6, 6.07) is 5.41. The smallest absolute Gasteiger partial charge is 0.189 e. The number of hydrogen-bond donors (Lipinski definition) is 0. The van der Waals surface area contributed by atoms with E-state index in [1.165, 1.54) is 0 Å². The molecule has 3 heteroatoms. The molecule has 0 aliphatic rings. The van der Waals surface area contributed by atoms with Crippen LogP contribution in [0.3, 0.4) is 0 Å². The zero-order valence-electron chi connectivity index (χ0n) is 9.05. The van der Waals surface area contributed by atoms with Gasteiger partial charge in [0, 0.05) is 12.2 Å². The number of carbonyl (C=O) groups is 1. The molecular formula is C12H15ClO2. The van der Waals surface area contributed by atoms with E-state index in [0.717, 1.165) is 12.0 Å². The van der Waals surface area contributed by atoms with Crippen LogP contribution in [0.15, 0.2) is 18.2 Å². The molecule has 2 nitrogen and oxygen atoms in total. The molecule has 0 atom stereocenters. The normalized spacial score (nSPS) is 10.3. The quantitative estimate of drug-likeness (QED) is 0.569. The first-order valence-corrected chi connectivity index (χ1v) is 5.40. The molecule has 0 N–H and O–H groups in total. The second kappa shape index (κ2) is 5.89. The molecule has 0 heterocycles. The van der Waals surface area contributed by atoms with E-state index in [2.05, 4.69) is 0 Å². The van der Waals surface area contributed by atoms with Gasteiger partial charge in [-0.2, -0.15) is 0 Å². The molecule has 0 saturated carbocycles. The summed E-state index contributed by atoms with van der Waals surface area (Å²) in [6.45, 7) is 4.66. The van der Waals surface area contributed by atoms with Crippen molar-refractivity contribution in [2.45, 2.75) is 20.3 Å². The molecule has 0 bridgehead atoms. The molecule has 0 aliphatic heterocycles. The lowest BCUT2D eigenvalue weighted by molar-refractivity contribution is 0.0761. The Morgan fingerprint density at radius 3 is 2.80 bits per heavy atom. The first-order valence-electron chi connectivity index (χ1n) is 5.02. The van der Waals surface area contributed by atoms with Gasteiger partial charge < -0.3 is 4.74 Å². The summed E-state index contributed by atoms with van der Waals surface area (Å²) in [7, 11) is 0. The number of hydrogen-bond acceptors (Lipinski definition) is 2. The van der Waals surface area contributed by atoms with Crippen molar-refractivity contribution < 1.29 is 9.53 Å². The summed E-state index contributed by atoms with van der Waals surface area (Å²) in [5, 5.41) is 0.500. The molecule has 0 unspecified atom stereocenters. The van der Waals surface area contributed by atoms with Crippen LogP contribution in [0, 0.1) is 6.92 Å². The predicted octanol–water partition coefficient (Wildman–Crippen LogP) is 3.26. The summed E-state index contributed by atoms with van der Waals surface area (Å²) in [5.74, 6) is -0.0616.